The molecule has 8 heteroatoms. The second-order valence-corrected chi connectivity index (χ2v) is 9.23. The van der Waals surface area contributed by atoms with Crippen molar-refractivity contribution in [1.29, 1.82) is 0 Å². The molecule has 1 aliphatic carbocycles. The smallest absolute Gasteiger partial charge is 0.240 e. The predicted octanol–water partition coefficient (Wildman–Crippen LogP) is 3.67. The van der Waals surface area contributed by atoms with Gasteiger partial charge in [-0.05, 0) is 74.2 Å². The Morgan fingerprint density at radius 2 is 1.68 bits per heavy atom. The number of benzene rings is 2. The largest absolute Gasteiger partial charge is 0.761 e. The van der Waals surface area contributed by atoms with Gasteiger partial charge in [0.25, 0.3) is 0 Å². The highest BCUT2D eigenvalue weighted by molar-refractivity contribution is 7.89. The van der Waals surface area contributed by atoms with Crippen LogP contribution in [0.15, 0.2) is 53.4 Å². The van der Waals surface area contributed by atoms with Crippen LogP contribution in [0.3, 0.4) is 0 Å². The molecule has 152 valence electrons. The zero-order valence-corrected chi connectivity index (χ0v) is 17.1. The third-order valence-electron chi connectivity index (χ3n) is 5.07. The molecule has 1 saturated carbocycles. The van der Waals surface area contributed by atoms with Crippen LogP contribution in [0.4, 0.5) is 5.69 Å². The van der Waals surface area contributed by atoms with Crippen LogP contribution in [-0.2, 0) is 16.4 Å². The summed E-state index contributed by atoms with van der Waals surface area (Å²) in [5.41, 5.74) is 3.32. The Kier molecular flexibility index (Phi) is 7.31. The maximum atomic E-state index is 12.6. The van der Waals surface area contributed by atoms with Gasteiger partial charge in [0.05, 0.1) is 4.90 Å². The number of aryl methyl sites for hydroxylation is 1. The van der Waals surface area contributed by atoms with Gasteiger partial charge in [-0.3, -0.25) is 0 Å². The van der Waals surface area contributed by atoms with Crippen molar-refractivity contribution in [3.8, 4) is 0 Å². The number of hydrogen-bond acceptors (Lipinski definition) is 5. The van der Waals surface area contributed by atoms with E-state index in [9.17, 15) is 13.6 Å². The minimum Gasteiger partial charge on any atom is -0.761 e. The van der Waals surface area contributed by atoms with Crippen molar-refractivity contribution >= 4 is 27.3 Å². The summed E-state index contributed by atoms with van der Waals surface area (Å²) in [5.74, 6) is 0. The average Bonchev–Trinajstić information content (AvgIpc) is 3.13. The molecule has 0 saturated heterocycles. The van der Waals surface area contributed by atoms with E-state index in [0.29, 0.717) is 5.69 Å². The molecule has 0 bridgehead atoms. The van der Waals surface area contributed by atoms with Crippen molar-refractivity contribution < 1.29 is 8.42 Å². The summed E-state index contributed by atoms with van der Waals surface area (Å²) in [7, 11) is -3.61. The van der Waals surface area contributed by atoms with Gasteiger partial charge in [0, 0.05) is 22.8 Å². The molecule has 1 fully saturated rings. The molecule has 1 aliphatic rings. The van der Waals surface area contributed by atoms with Gasteiger partial charge in [-0.15, -0.1) is 0 Å². The maximum absolute atomic E-state index is 12.6. The quantitative estimate of drug-likeness (QED) is 0.423. The highest BCUT2D eigenvalue weighted by Gasteiger charge is 2.30. The molecular formula is C20H25ClN3O3S-. The minimum absolute atomic E-state index is 0.127. The maximum Gasteiger partial charge on any atom is 0.240 e. The first kappa shape index (κ1) is 21.1. The Morgan fingerprint density at radius 1 is 1.00 bits per heavy atom. The zero-order chi connectivity index (χ0) is 20.0. The lowest BCUT2D eigenvalue weighted by atomic mass is 10.1. The molecule has 28 heavy (non-hydrogen) atoms. The molecule has 0 aliphatic heterocycles. The first-order chi connectivity index (χ1) is 13.5. The number of hydrogen-bond donors (Lipinski definition) is 3. The van der Waals surface area contributed by atoms with E-state index in [1.807, 2.05) is 24.3 Å². The van der Waals surface area contributed by atoms with Crippen LogP contribution < -0.4 is 15.5 Å². The molecule has 2 aromatic rings. The summed E-state index contributed by atoms with van der Waals surface area (Å²) in [6.07, 6.45) is 4.68. The lowest BCUT2D eigenvalue weighted by Gasteiger charge is -2.22. The zero-order valence-electron chi connectivity index (χ0n) is 15.5. The van der Waals surface area contributed by atoms with E-state index < -0.39 is 10.0 Å². The van der Waals surface area contributed by atoms with Gasteiger partial charge in [0.1, 0.15) is 0 Å². The van der Waals surface area contributed by atoms with Crippen molar-refractivity contribution in [3.05, 3.63) is 64.3 Å². The molecule has 6 nitrogen and oxygen atoms in total. The van der Waals surface area contributed by atoms with Crippen molar-refractivity contribution in [3.63, 3.8) is 0 Å². The number of halogens is 1. The molecule has 3 rings (SSSR count). The highest BCUT2D eigenvalue weighted by atomic mass is 35.5. The number of anilines is 1. The number of sulfonamides is 1. The molecule has 2 aromatic carbocycles. The van der Waals surface area contributed by atoms with Crippen LogP contribution in [-0.4, -0.2) is 27.0 Å². The van der Waals surface area contributed by atoms with E-state index in [2.05, 4.69) is 10.0 Å². The Morgan fingerprint density at radius 3 is 2.36 bits per heavy atom. The minimum atomic E-state index is -3.61. The molecule has 0 spiro atoms. The fraction of sp³-hybridized carbons (Fsp3) is 0.400. The summed E-state index contributed by atoms with van der Waals surface area (Å²) < 4.78 is 28.1. The third kappa shape index (κ3) is 5.68. The topological polar surface area (TPSA) is 93.3 Å². The van der Waals surface area contributed by atoms with Crippen molar-refractivity contribution in [1.82, 2.24) is 10.0 Å². The Balaban J connectivity index is 1.50. The van der Waals surface area contributed by atoms with Crippen LogP contribution in [0.2, 0.25) is 5.02 Å². The summed E-state index contributed by atoms with van der Waals surface area (Å²) >= 11 is 5.90. The van der Waals surface area contributed by atoms with Crippen molar-refractivity contribution in [2.75, 3.05) is 12.0 Å². The Labute approximate surface area is 171 Å². The van der Waals surface area contributed by atoms with Crippen LogP contribution in [0.5, 0.6) is 0 Å². The van der Waals surface area contributed by atoms with E-state index >= 15 is 0 Å². The van der Waals surface area contributed by atoms with Gasteiger partial charge >= 0.3 is 0 Å². The molecule has 0 radical (unpaired) electrons. The number of rotatable bonds is 9. The van der Waals surface area contributed by atoms with E-state index in [0.717, 1.165) is 43.7 Å². The van der Waals surface area contributed by atoms with Gasteiger partial charge < -0.3 is 16.0 Å². The molecule has 0 aromatic heterocycles. The van der Waals surface area contributed by atoms with Crippen LogP contribution in [0, 0.1) is 5.21 Å². The fourth-order valence-corrected chi connectivity index (χ4v) is 4.98. The van der Waals surface area contributed by atoms with Crippen LogP contribution >= 0.6 is 11.6 Å². The average molecular weight is 423 g/mol. The first-order valence-electron chi connectivity index (χ1n) is 9.46. The lowest BCUT2D eigenvalue weighted by molar-refractivity contribution is 0.443. The second kappa shape index (κ2) is 9.71. The van der Waals surface area contributed by atoms with Gasteiger partial charge in [-0.25, -0.2) is 13.1 Å². The van der Waals surface area contributed by atoms with Crippen molar-refractivity contribution in [2.24, 2.45) is 0 Å². The third-order valence-corrected chi connectivity index (χ3v) is 6.82. The molecule has 0 heterocycles. The van der Waals surface area contributed by atoms with E-state index in [4.69, 9.17) is 11.6 Å². The number of nitrogens with one attached hydrogen (secondary N) is 3. The predicted molar refractivity (Wildman–Crippen MR) is 113 cm³/mol. The van der Waals surface area contributed by atoms with Gasteiger partial charge in [-0.1, -0.05) is 30.2 Å². The molecular weight excluding hydrogens is 398 g/mol. The molecule has 2 atom stereocenters. The van der Waals surface area contributed by atoms with Gasteiger partial charge in [0.2, 0.25) is 10.0 Å². The second-order valence-electron chi connectivity index (χ2n) is 7.08. The van der Waals surface area contributed by atoms with Gasteiger partial charge in [-0.2, -0.15) is 0 Å². The highest BCUT2D eigenvalue weighted by Crippen LogP contribution is 2.22. The van der Waals surface area contributed by atoms with E-state index in [-0.39, 0.29) is 17.0 Å². The van der Waals surface area contributed by atoms with E-state index in [1.54, 1.807) is 5.48 Å². The lowest BCUT2D eigenvalue weighted by Crippen LogP contribution is -2.46. The summed E-state index contributed by atoms with van der Waals surface area (Å²) in [4.78, 5) is 0.167. The SMILES string of the molecule is O=S(=O)(N[C@@H]1CCC[C@H]1NCCCc1ccc(Cl)cc1)c1ccc(N[O-])cc1. The monoisotopic (exact) mass is 422 g/mol. The summed E-state index contributed by atoms with van der Waals surface area (Å²) in [5, 5.41) is 14.9. The molecule has 3 N–H and O–H groups in total. The van der Waals surface area contributed by atoms with Gasteiger partial charge in [0.15, 0.2) is 0 Å². The van der Waals surface area contributed by atoms with Crippen molar-refractivity contribution in [2.45, 2.75) is 49.1 Å². The van der Waals surface area contributed by atoms with E-state index in [1.165, 1.54) is 29.8 Å². The molecule has 0 unspecified atom stereocenters. The van der Waals surface area contributed by atoms with Crippen LogP contribution in [0.25, 0.3) is 0 Å². The van der Waals surface area contributed by atoms with Crippen LogP contribution in [0.1, 0.15) is 31.2 Å². The Bertz CT molecular complexity index is 857. The standard InChI is InChI=1S/C20H25ClN3O3S/c21-16-8-6-15(7-9-16)3-2-14-22-19-4-1-5-20(19)24-28(26,27)18-12-10-17(23-25)11-13-18/h6-13,19-20,22-24H,1-5,14H2/q-1/t19-,20-/m1/s1. The summed E-state index contributed by atoms with van der Waals surface area (Å²) in [6, 6.07) is 13.6. The molecule has 0 amide bonds. The first-order valence-corrected chi connectivity index (χ1v) is 11.3. The Hall–Kier alpha value is -1.64. The normalized spacial score (nSPS) is 19.6. The summed E-state index contributed by atoms with van der Waals surface area (Å²) in [6.45, 7) is 0.829. The fourth-order valence-electron chi connectivity index (χ4n) is 3.55.